The quantitative estimate of drug-likeness (QED) is 0.462. The third-order valence-electron chi connectivity index (χ3n) is 2.51. The molecule has 2 rings (SSSR count). The lowest BCUT2D eigenvalue weighted by Crippen LogP contribution is -2.15. The van der Waals surface area contributed by atoms with Gasteiger partial charge in [-0.15, -0.1) is 0 Å². The van der Waals surface area contributed by atoms with Gasteiger partial charge in [0.15, 0.2) is 0 Å². The molecule has 0 N–H and O–H groups in total. The van der Waals surface area contributed by atoms with E-state index in [0.717, 1.165) is 18.6 Å². The number of rotatable bonds is 0. The summed E-state index contributed by atoms with van der Waals surface area (Å²) in [5.74, 6) is 0. The smallest absolute Gasteiger partial charge is 0.0471 e. The van der Waals surface area contributed by atoms with Crippen LogP contribution in [0.1, 0.15) is 25.7 Å². The van der Waals surface area contributed by atoms with Crippen LogP contribution in [0.15, 0.2) is 0 Å². The van der Waals surface area contributed by atoms with Crippen molar-refractivity contribution in [2.75, 3.05) is 13.2 Å². The monoisotopic (exact) mass is 112 g/mol. The number of ether oxygens (including phenoxy) is 1. The van der Waals surface area contributed by atoms with Crippen molar-refractivity contribution in [2.45, 2.75) is 25.7 Å². The zero-order valence-corrected chi connectivity index (χ0v) is 5.15. The Kier molecular flexibility index (Phi) is 0.884. The second kappa shape index (κ2) is 1.47. The van der Waals surface area contributed by atoms with Crippen molar-refractivity contribution in [1.82, 2.24) is 0 Å². The zero-order chi connectivity index (χ0) is 5.45. The molecule has 46 valence electrons. The first-order valence-corrected chi connectivity index (χ1v) is 3.49. The van der Waals surface area contributed by atoms with Crippen molar-refractivity contribution in [3.8, 4) is 0 Å². The lowest BCUT2D eigenvalue weighted by atomic mass is 9.97. The fraction of sp³-hybridized carbons (Fsp3) is 1.00. The molecule has 0 amide bonds. The van der Waals surface area contributed by atoms with E-state index in [-0.39, 0.29) is 0 Å². The summed E-state index contributed by atoms with van der Waals surface area (Å²) < 4.78 is 5.25. The number of hydrogen-bond donors (Lipinski definition) is 0. The van der Waals surface area contributed by atoms with Crippen molar-refractivity contribution in [2.24, 2.45) is 5.41 Å². The summed E-state index contributed by atoms with van der Waals surface area (Å²) in [5.41, 5.74) is 0.804. The molecule has 1 nitrogen and oxygen atoms in total. The summed E-state index contributed by atoms with van der Waals surface area (Å²) in [6.07, 6.45) is 5.65. The Hall–Kier alpha value is -0.0400. The minimum atomic E-state index is 0.804. The highest BCUT2D eigenvalue weighted by Gasteiger charge is 2.42. The Morgan fingerprint density at radius 2 is 1.50 bits per heavy atom. The van der Waals surface area contributed by atoms with E-state index in [9.17, 15) is 0 Å². The Bertz CT molecular complexity index is 86.6. The van der Waals surface area contributed by atoms with Crippen LogP contribution < -0.4 is 0 Å². The maximum Gasteiger partial charge on any atom is 0.0471 e. The summed E-state index contributed by atoms with van der Waals surface area (Å²) in [5, 5.41) is 0. The largest absolute Gasteiger partial charge is 0.381 e. The van der Waals surface area contributed by atoms with Crippen LogP contribution in [0.2, 0.25) is 0 Å². The molecule has 8 heavy (non-hydrogen) atoms. The molecule has 0 atom stereocenters. The third-order valence-corrected chi connectivity index (χ3v) is 2.51. The molecule has 1 saturated carbocycles. The molecule has 1 spiro atoms. The summed E-state index contributed by atoms with van der Waals surface area (Å²) in [6, 6.07) is 0. The second-order valence-electron chi connectivity index (χ2n) is 3.11. The highest BCUT2D eigenvalue weighted by Crippen LogP contribution is 2.53. The minimum Gasteiger partial charge on any atom is -0.381 e. The van der Waals surface area contributed by atoms with Crippen LogP contribution in [-0.4, -0.2) is 13.2 Å². The van der Waals surface area contributed by atoms with Gasteiger partial charge in [-0.2, -0.15) is 0 Å². The Balaban J connectivity index is 1.95. The second-order valence-corrected chi connectivity index (χ2v) is 3.11. The Morgan fingerprint density at radius 1 is 0.875 bits per heavy atom. The Labute approximate surface area is 50.0 Å². The minimum absolute atomic E-state index is 0.804. The SMILES string of the molecule is C1CC2(CCO1)CC2. The van der Waals surface area contributed by atoms with E-state index in [0.29, 0.717) is 0 Å². The van der Waals surface area contributed by atoms with Crippen molar-refractivity contribution in [3.05, 3.63) is 0 Å². The van der Waals surface area contributed by atoms with Crippen LogP contribution in [0.4, 0.5) is 0 Å². The summed E-state index contributed by atoms with van der Waals surface area (Å²) in [7, 11) is 0. The van der Waals surface area contributed by atoms with Crippen LogP contribution in [-0.2, 0) is 4.74 Å². The van der Waals surface area contributed by atoms with E-state index in [1.54, 1.807) is 0 Å². The maximum atomic E-state index is 5.25. The van der Waals surface area contributed by atoms with Crippen LogP contribution in [0.5, 0.6) is 0 Å². The molecule has 0 bridgehead atoms. The van der Waals surface area contributed by atoms with Crippen molar-refractivity contribution < 1.29 is 4.74 Å². The Morgan fingerprint density at radius 3 is 1.88 bits per heavy atom. The first-order valence-electron chi connectivity index (χ1n) is 3.49. The van der Waals surface area contributed by atoms with E-state index >= 15 is 0 Å². The van der Waals surface area contributed by atoms with Gasteiger partial charge in [0.2, 0.25) is 0 Å². The molecule has 0 aromatic carbocycles. The summed E-state index contributed by atoms with van der Waals surface area (Å²) in [6.45, 7) is 2.06. The topological polar surface area (TPSA) is 9.23 Å². The van der Waals surface area contributed by atoms with Crippen molar-refractivity contribution >= 4 is 0 Å². The van der Waals surface area contributed by atoms with Gasteiger partial charge in [-0.1, -0.05) is 0 Å². The highest BCUT2D eigenvalue weighted by molar-refractivity contribution is 4.93. The van der Waals surface area contributed by atoms with E-state index < -0.39 is 0 Å². The van der Waals surface area contributed by atoms with Gasteiger partial charge in [0, 0.05) is 13.2 Å². The van der Waals surface area contributed by atoms with Crippen LogP contribution >= 0.6 is 0 Å². The summed E-state index contributed by atoms with van der Waals surface area (Å²) >= 11 is 0. The van der Waals surface area contributed by atoms with Gasteiger partial charge >= 0.3 is 0 Å². The molecule has 0 radical (unpaired) electrons. The van der Waals surface area contributed by atoms with Gasteiger partial charge < -0.3 is 4.74 Å². The first-order chi connectivity index (χ1) is 3.91. The van der Waals surface area contributed by atoms with E-state index in [1.165, 1.54) is 25.7 Å². The van der Waals surface area contributed by atoms with Gasteiger partial charge in [0.05, 0.1) is 0 Å². The molecule has 1 saturated heterocycles. The fourth-order valence-electron chi connectivity index (χ4n) is 1.48. The molecule has 1 heteroatoms. The average molecular weight is 112 g/mol. The van der Waals surface area contributed by atoms with Gasteiger partial charge in [0.1, 0.15) is 0 Å². The third kappa shape index (κ3) is 0.655. The van der Waals surface area contributed by atoms with E-state index in [4.69, 9.17) is 4.74 Å². The first kappa shape index (κ1) is 4.80. The predicted molar refractivity (Wildman–Crippen MR) is 31.7 cm³/mol. The molecule has 2 fully saturated rings. The van der Waals surface area contributed by atoms with E-state index in [1.807, 2.05) is 0 Å². The van der Waals surface area contributed by atoms with Gasteiger partial charge in [-0.05, 0) is 31.1 Å². The standard InChI is InChI=1S/C7H12O/c1-2-7(1)3-5-8-6-4-7/h1-6H2. The van der Waals surface area contributed by atoms with Crippen molar-refractivity contribution in [1.29, 1.82) is 0 Å². The fourth-order valence-corrected chi connectivity index (χ4v) is 1.48. The van der Waals surface area contributed by atoms with Crippen molar-refractivity contribution in [3.63, 3.8) is 0 Å². The van der Waals surface area contributed by atoms with Gasteiger partial charge in [-0.3, -0.25) is 0 Å². The molecular formula is C7H12O. The molecular weight excluding hydrogens is 100 g/mol. The van der Waals surface area contributed by atoms with Gasteiger partial charge in [0.25, 0.3) is 0 Å². The van der Waals surface area contributed by atoms with Gasteiger partial charge in [-0.25, -0.2) is 0 Å². The summed E-state index contributed by atoms with van der Waals surface area (Å²) in [4.78, 5) is 0. The van der Waals surface area contributed by atoms with E-state index in [2.05, 4.69) is 0 Å². The zero-order valence-electron chi connectivity index (χ0n) is 5.15. The van der Waals surface area contributed by atoms with Crippen LogP contribution in [0.25, 0.3) is 0 Å². The molecule has 1 aliphatic heterocycles. The lowest BCUT2D eigenvalue weighted by Gasteiger charge is -2.20. The predicted octanol–water partition coefficient (Wildman–Crippen LogP) is 1.58. The lowest BCUT2D eigenvalue weighted by molar-refractivity contribution is 0.0579. The maximum absolute atomic E-state index is 5.25. The molecule has 1 heterocycles. The highest BCUT2D eigenvalue weighted by atomic mass is 16.5. The van der Waals surface area contributed by atoms with Crippen LogP contribution in [0.3, 0.4) is 0 Å². The molecule has 1 aliphatic carbocycles. The molecule has 0 unspecified atom stereocenters. The average Bonchev–Trinajstić information content (AvgIpc) is 2.52. The molecule has 2 aliphatic rings. The normalized spacial score (nSPS) is 33.0. The molecule has 0 aromatic rings. The molecule has 0 aromatic heterocycles. The number of hydrogen-bond acceptors (Lipinski definition) is 1. The van der Waals surface area contributed by atoms with Crippen LogP contribution in [0, 0.1) is 5.41 Å².